The summed E-state index contributed by atoms with van der Waals surface area (Å²) in [6.07, 6.45) is 0.893. The number of hydrogen-bond donors (Lipinski definition) is 2. The van der Waals surface area contributed by atoms with Crippen LogP contribution in [0.3, 0.4) is 0 Å². The first-order chi connectivity index (χ1) is 9.47. The molecular weight excluding hydrogens is 340 g/mol. The maximum absolute atomic E-state index is 11.2. The molecule has 4 nitrogen and oxygen atoms in total. The fraction of sp³-hybridized carbons (Fsp3) is 0.143. The van der Waals surface area contributed by atoms with Crippen molar-refractivity contribution in [2.75, 3.05) is 11.9 Å². The molecule has 0 saturated carbocycles. The Morgan fingerprint density at radius 1 is 1.10 bits per heavy atom. The minimum Gasteiger partial charge on any atom is -0.384 e. The summed E-state index contributed by atoms with van der Waals surface area (Å²) < 4.78 is 23.1. The Kier molecular flexibility index (Phi) is 4.80. The van der Waals surface area contributed by atoms with E-state index in [1.165, 1.54) is 17.7 Å². The minimum atomic E-state index is -3.66. The Labute approximate surface area is 127 Å². The van der Waals surface area contributed by atoms with Gasteiger partial charge in [0.25, 0.3) is 0 Å². The van der Waals surface area contributed by atoms with Crippen molar-refractivity contribution in [3.8, 4) is 0 Å². The molecule has 2 aromatic carbocycles. The van der Waals surface area contributed by atoms with Crippen LogP contribution in [0.2, 0.25) is 0 Å². The van der Waals surface area contributed by atoms with Crippen LogP contribution in [-0.4, -0.2) is 15.0 Å². The zero-order valence-corrected chi connectivity index (χ0v) is 13.1. The molecule has 0 heterocycles. The van der Waals surface area contributed by atoms with Gasteiger partial charge in [-0.25, -0.2) is 13.6 Å². The largest absolute Gasteiger partial charge is 0.384 e. The van der Waals surface area contributed by atoms with Gasteiger partial charge in [-0.1, -0.05) is 30.3 Å². The molecule has 0 fully saturated rings. The molecule has 0 atom stereocenters. The molecular formula is C14H15BrN2O2S. The zero-order chi connectivity index (χ0) is 14.6. The van der Waals surface area contributed by atoms with Crippen molar-refractivity contribution in [3.63, 3.8) is 0 Å². The molecule has 0 aliphatic carbocycles. The number of benzene rings is 2. The van der Waals surface area contributed by atoms with Crippen molar-refractivity contribution in [1.29, 1.82) is 0 Å². The SMILES string of the molecule is NS(=O)(=O)c1ccc(NCCc2ccccc2)c(Br)c1. The Balaban J connectivity index is 2.00. The van der Waals surface area contributed by atoms with Gasteiger partial charge < -0.3 is 5.32 Å². The van der Waals surface area contributed by atoms with E-state index in [0.29, 0.717) is 4.47 Å². The van der Waals surface area contributed by atoms with Crippen molar-refractivity contribution in [3.05, 3.63) is 58.6 Å². The van der Waals surface area contributed by atoms with Crippen LogP contribution in [0.4, 0.5) is 5.69 Å². The third-order valence-electron chi connectivity index (χ3n) is 2.84. The lowest BCUT2D eigenvalue weighted by Crippen LogP contribution is -2.12. The standard InChI is InChI=1S/C14H15BrN2O2S/c15-13-10-12(20(16,18)19)6-7-14(13)17-9-8-11-4-2-1-3-5-11/h1-7,10,17H,8-9H2,(H2,16,18,19). The van der Waals surface area contributed by atoms with E-state index < -0.39 is 10.0 Å². The maximum Gasteiger partial charge on any atom is 0.238 e. The van der Waals surface area contributed by atoms with Crippen LogP contribution in [0, 0.1) is 0 Å². The van der Waals surface area contributed by atoms with Crippen LogP contribution in [0.25, 0.3) is 0 Å². The monoisotopic (exact) mass is 354 g/mol. The quantitative estimate of drug-likeness (QED) is 0.866. The molecule has 0 spiro atoms. The number of sulfonamides is 1. The fourth-order valence-corrected chi connectivity index (χ4v) is 3.01. The fourth-order valence-electron chi connectivity index (χ4n) is 1.80. The molecule has 0 radical (unpaired) electrons. The second-order valence-corrected chi connectivity index (χ2v) is 6.76. The molecule has 0 aliphatic rings. The summed E-state index contributed by atoms with van der Waals surface area (Å²) in [5, 5.41) is 8.34. The number of rotatable bonds is 5. The van der Waals surface area contributed by atoms with Gasteiger partial charge in [-0.05, 0) is 46.1 Å². The summed E-state index contributed by atoms with van der Waals surface area (Å²) >= 11 is 3.34. The Morgan fingerprint density at radius 3 is 2.40 bits per heavy atom. The second kappa shape index (κ2) is 6.39. The number of nitrogens with two attached hydrogens (primary N) is 1. The maximum atomic E-state index is 11.2. The molecule has 0 bridgehead atoms. The van der Waals surface area contributed by atoms with E-state index in [1.807, 2.05) is 18.2 Å². The highest BCUT2D eigenvalue weighted by Gasteiger charge is 2.09. The van der Waals surface area contributed by atoms with E-state index >= 15 is 0 Å². The van der Waals surface area contributed by atoms with Crippen LogP contribution in [0.15, 0.2) is 57.9 Å². The smallest absolute Gasteiger partial charge is 0.238 e. The van der Waals surface area contributed by atoms with Crippen molar-refractivity contribution in [2.45, 2.75) is 11.3 Å². The third-order valence-corrected chi connectivity index (χ3v) is 4.41. The average molecular weight is 355 g/mol. The molecule has 106 valence electrons. The minimum absolute atomic E-state index is 0.0954. The summed E-state index contributed by atoms with van der Waals surface area (Å²) in [7, 11) is -3.66. The molecule has 0 aromatic heterocycles. The molecule has 6 heteroatoms. The van der Waals surface area contributed by atoms with Crippen LogP contribution < -0.4 is 10.5 Å². The summed E-state index contributed by atoms with van der Waals surface area (Å²) in [6.45, 7) is 0.761. The summed E-state index contributed by atoms with van der Waals surface area (Å²) in [4.78, 5) is 0.0954. The predicted molar refractivity (Wildman–Crippen MR) is 84.2 cm³/mol. The van der Waals surface area contributed by atoms with Crippen LogP contribution in [0.1, 0.15) is 5.56 Å². The molecule has 3 N–H and O–H groups in total. The number of halogens is 1. The van der Waals surface area contributed by atoms with Gasteiger partial charge in [0.15, 0.2) is 0 Å². The van der Waals surface area contributed by atoms with Gasteiger partial charge in [0, 0.05) is 16.7 Å². The lowest BCUT2D eigenvalue weighted by molar-refractivity contribution is 0.598. The second-order valence-electron chi connectivity index (χ2n) is 4.35. The average Bonchev–Trinajstić information content (AvgIpc) is 2.40. The van der Waals surface area contributed by atoms with Gasteiger partial charge in [0.2, 0.25) is 10.0 Å². The first-order valence-electron chi connectivity index (χ1n) is 6.07. The van der Waals surface area contributed by atoms with Crippen LogP contribution in [-0.2, 0) is 16.4 Å². The van der Waals surface area contributed by atoms with Gasteiger partial charge in [-0.2, -0.15) is 0 Å². The number of nitrogens with one attached hydrogen (secondary N) is 1. The van der Waals surface area contributed by atoms with Gasteiger partial charge in [-0.3, -0.25) is 0 Å². The van der Waals surface area contributed by atoms with Crippen LogP contribution in [0.5, 0.6) is 0 Å². The van der Waals surface area contributed by atoms with Crippen molar-refractivity contribution >= 4 is 31.6 Å². The van der Waals surface area contributed by atoms with E-state index in [9.17, 15) is 8.42 Å². The molecule has 2 aromatic rings. The van der Waals surface area contributed by atoms with Crippen molar-refractivity contribution < 1.29 is 8.42 Å². The number of anilines is 1. The number of hydrogen-bond acceptors (Lipinski definition) is 3. The van der Waals surface area contributed by atoms with E-state index in [4.69, 9.17) is 5.14 Å². The highest BCUT2D eigenvalue weighted by molar-refractivity contribution is 9.10. The van der Waals surface area contributed by atoms with Gasteiger partial charge >= 0.3 is 0 Å². The van der Waals surface area contributed by atoms with E-state index in [2.05, 4.69) is 33.4 Å². The third kappa shape index (κ3) is 4.06. The van der Waals surface area contributed by atoms with Crippen molar-refractivity contribution in [1.82, 2.24) is 0 Å². The summed E-state index contributed by atoms with van der Waals surface area (Å²) in [6, 6.07) is 14.8. The lowest BCUT2D eigenvalue weighted by Gasteiger charge is -2.09. The summed E-state index contributed by atoms with van der Waals surface area (Å²) in [5.41, 5.74) is 2.09. The van der Waals surface area contributed by atoms with E-state index in [-0.39, 0.29) is 4.90 Å². The molecule has 20 heavy (non-hydrogen) atoms. The Hall–Kier alpha value is -1.37. The normalized spacial score (nSPS) is 11.3. The molecule has 0 amide bonds. The highest BCUT2D eigenvalue weighted by Crippen LogP contribution is 2.25. The first kappa shape index (κ1) is 15.0. The topological polar surface area (TPSA) is 72.2 Å². The van der Waals surface area contributed by atoms with E-state index in [0.717, 1.165) is 18.7 Å². The first-order valence-corrected chi connectivity index (χ1v) is 8.41. The highest BCUT2D eigenvalue weighted by atomic mass is 79.9. The van der Waals surface area contributed by atoms with Crippen LogP contribution >= 0.6 is 15.9 Å². The number of primary sulfonamides is 1. The van der Waals surface area contributed by atoms with Gasteiger partial charge in [-0.15, -0.1) is 0 Å². The molecule has 0 unspecified atom stereocenters. The van der Waals surface area contributed by atoms with Crippen molar-refractivity contribution in [2.24, 2.45) is 5.14 Å². The Bertz CT molecular complexity index is 688. The predicted octanol–water partition coefficient (Wildman–Crippen LogP) is 2.75. The lowest BCUT2D eigenvalue weighted by atomic mass is 10.1. The zero-order valence-electron chi connectivity index (χ0n) is 10.7. The van der Waals surface area contributed by atoms with Gasteiger partial charge in [0.1, 0.15) is 0 Å². The Morgan fingerprint density at radius 2 is 1.80 bits per heavy atom. The molecule has 0 aliphatic heterocycles. The van der Waals surface area contributed by atoms with E-state index in [1.54, 1.807) is 6.07 Å². The molecule has 2 rings (SSSR count). The molecule has 0 saturated heterocycles. The van der Waals surface area contributed by atoms with Gasteiger partial charge in [0.05, 0.1) is 4.90 Å². The summed E-state index contributed by atoms with van der Waals surface area (Å²) in [5.74, 6) is 0.